The number of fused-ring (bicyclic) bond motifs is 5. The first-order chi connectivity index (χ1) is 20.6. The van der Waals surface area contributed by atoms with Gasteiger partial charge in [0.15, 0.2) is 6.10 Å². The molecular weight excluding hydrogens is 538 g/mol. The number of aromatic hydroxyl groups is 1. The molecule has 1 unspecified atom stereocenters. The number of aryl methyl sites for hydroxylation is 1. The van der Waals surface area contributed by atoms with Crippen molar-refractivity contribution < 1.29 is 24.5 Å². The van der Waals surface area contributed by atoms with Crippen LogP contribution in [0.25, 0.3) is 0 Å². The highest BCUT2D eigenvalue weighted by Crippen LogP contribution is 2.53. The molecular formula is C37H51NO5. The van der Waals surface area contributed by atoms with Crippen molar-refractivity contribution in [3.05, 3.63) is 70.8 Å². The van der Waals surface area contributed by atoms with Gasteiger partial charge in [0.05, 0.1) is 0 Å². The zero-order valence-electron chi connectivity index (χ0n) is 26.7. The van der Waals surface area contributed by atoms with E-state index in [0.717, 1.165) is 43.4 Å². The molecule has 0 saturated carbocycles. The highest BCUT2D eigenvalue weighted by molar-refractivity contribution is 5.76. The molecule has 2 saturated heterocycles. The van der Waals surface area contributed by atoms with Crippen LogP contribution in [-0.2, 0) is 16.0 Å². The summed E-state index contributed by atoms with van der Waals surface area (Å²) in [6.45, 7) is 8.81. The summed E-state index contributed by atoms with van der Waals surface area (Å²) in [6, 6.07) is 14.1. The van der Waals surface area contributed by atoms with Crippen LogP contribution in [-0.4, -0.2) is 51.9 Å². The molecule has 2 bridgehead atoms. The maximum atomic E-state index is 12.0. The van der Waals surface area contributed by atoms with Crippen molar-refractivity contribution in [3.63, 3.8) is 0 Å². The molecule has 3 aliphatic heterocycles. The molecule has 6 rings (SSSR count). The second-order valence-electron chi connectivity index (χ2n) is 13.8. The number of carbonyl (C=O) groups excluding carboxylic acids is 1. The average Bonchev–Trinajstić information content (AvgIpc) is 3.16. The van der Waals surface area contributed by atoms with Crippen molar-refractivity contribution in [1.82, 2.24) is 4.90 Å². The number of hydrogen-bond acceptors (Lipinski definition) is 6. The molecule has 234 valence electrons. The van der Waals surface area contributed by atoms with Crippen LogP contribution in [0.15, 0.2) is 54.1 Å². The van der Waals surface area contributed by atoms with Gasteiger partial charge in [0, 0.05) is 29.5 Å². The van der Waals surface area contributed by atoms with Gasteiger partial charge < -0.3 is 24.6 Å². The SMILES string of the molecule is CCCCCc1cc(O)c2c(c1)OC(C)(C)[C@@H]1CCC(C)=C[C@@H]21.CN1[C@@H]2CC[C@H]1C[C@@H](OC(=O)C(O)c1ccccc1)C2. The Morgan fingerprint density at radius 3 is 2.47 bits per heavy atom. The monoisotopic (exact) mass is 589 g/mol. The molecule has 0 amide bonds. The number of rotatable bonds is 7. The highest BCUT2D eigenvalue weighted by atomic mass is 16.6. The highest BCUT2D eigenvalue weighted by Gasteiger charge is 2.45. The van der Waals surface area contributed by atoms with Crippen LogP contribution >= 0.6 is 0 Å². The van der Waals surface area contributed by atoms with E-state index >= 15 is 0 Å². The first-order valence-electron chi connectivity index (χ1n) is 16.4. The van der Waals surface area contributed by atoms with E-state index in [9.17, 15) is 15.0 Å². The van der Waals surface area contributed by atoms with Gasteiger partial charge in [-0.25, -0.2) is 4.79 Å². The maximum Gasteiger partial charge on any atom is 0.339 e. The van der Waals surface area contributed by atoms with Crippen molar-refractivity contribution in [2.24, 2.45) is 5.92 Å². The molecule has 2 aromatic rings. The molecule has 0 spiro atoms. The van der Waals surface area contributed by atoms with Gasteiger partial charge >= 0.3 is 5.97 Å². The number of nitrogens with zero attached hydrogens (tertiary/aromatic N) is 1. The summed E-state index contributed by atoms with van der Waals surface area (Å²) in [7, 11) is 2.15. The van der Waals surface area contributed by atoms with Crippen molar-refractivity contribution >= 4 is 5.97 Å². The fourth-order valence-corrected chi connectivity index (χ4v) is 7.76. The third-order valence-electron chi connectivity index (χ3n) is 10.3. The predicted octanol–water partition coefficient (Wildman–Crippen LogP) is 7.62. The van der Waals surface area contributed by atoms with Crippen LogP contribution in [0.5, 0.6) is 11.5 Å². The van der Waals surface area contributed by atoms with E-state index < -0.39 is 12.1 Å². The van der Waals surface area contributed by atoms with E-state index in [0.29, 0.717) is 29.3 Å². The van der Waals surface area contributed by atoms with Crippen molar-refractivity contribution in [2.75, 3.05) is 7.05 Å². The number of aliphatic hydroxyl groups excluding tert-OH is 1. The predicted molar refractivity (Wildman–Crippen MR) is 170 cm³/mol. The third kappa shape index (κ3) is 7.12. The van der Waals surface area contributed by atoms with Gasteiger partial charge in [-0.3, -0.25) is 0 Å². The third-order valence-corrected chi connectivity index (χ3v) is 10.3. The molecule has 6 heteroatoms. The summed E-state index contributed by atoms with van der Waals surface area (Å²) in [4.78, 5) is 14.4. The van der Waals surface area contributed by atoms with Crippen molar-refractivity contribution in [2.45, 2.75) is 128 Å². The van der Waals surface area contributed by atoms with Gasteiger partial charge in [-0.1, -0.05) is 61.7 Å². The number of benzene rings is 2. The number of hydrogen-bond donors (Lipinski definition) is 2. The molecule has 43 heavy (non-hydrogen) atoms. The van der Waals surface area contributed by atoms with Gasteiger partial charge in [-0.05, 0) is 102 Å². The number of phenolic OH excluding ortho intramolecular Hbond substituents is 1. The quantitative estimate of drug-likeness (QED) is 0.196. The zero-order valence-corrected chi connectivity index (χ0v) is 26.7. The van der Waals surface area contributed by atoms with Crippen LogP contribution in [0.3, 0.4) is 0 Å². The minimum atomic E-state index is -1.17. The van der Waals surface area contributed by atoms with E-state index in [1.807, 2.05) is 24.3 Å². The molecule has 2 N–H and O–H groups in total. The van der Waals surface area contributed by atoms with Crippen LogP contribution in [0.4, 0.5) is 0 Å². The lowest BCUT2D eigenvalue weighted by Crippen LogP contribution is -2.45. The lowest BCUT2D eigenvalue weighted by Gasteiger charge is -2.46. The molecule has 1 aliphatic carbocycles. The Bertz CT molecular complexity index is 1270. The fourth-order valence-electron chi connectivity index (χ4n) is 7.76. The molecule has 6 nitrogen and oxygen atoms in total. The van der Waals surface area contributed by atoms with Crippen LogP contribution in [0.2, 0.25) is 0 Å². The summed E-state index contributed by atoms with van der Waals surface area (Å²) >= 11 is 0. The number of phenols is 1. The Balaban J connectivity index is 0.000000173. The number of carbonyl (C=O) groups is 1. The lowest BCUT2D eigenvalue weighted by atomic mass is 9.68. The molecule has 4 aliphatic rings. The van der Waals surface area contributed by atoms with E-state index in [1.165, 1.54) is 43.2 Å². The number of esters is 1. The van der Waals surface area contributed by atoms with Gasteiger partial charge in [0.2, 0.25) is 0 Å². The molecule has 2 fully saturated rings. The van der Waals surface area contributed by atoms with Gasteiger partial charge in [0.1, 0.15) is 23.2 Å². The van der Waals surface area contributed by atoms with E-state index in [1.54, 1.807) is 12.1 Å². The number of allylic oxidation sites excluding steroid dienone is 2. The maximum absolute atomic E-state index is 12.0. The Kier molecular flexibility index (Phi) is 9.87. The van der Waals surface area contributed by atoms with Crippen molar-refractivity contribution in [3.8, 4) is 11.5 Å². The summed E-state index contributed by atoms with van der Waals surface area (Å²) in [6.07, 6.45) is 12.2. The minimum absolute atomic E-state index is 0.0467. The number of aliphatic hydroxyl groups is 1. The molecule has 0 radical (unpaired) electrons. The average molecular weight is 590 g/mol. The Morgan fingerprint density at radius 1 is 1.09 bits per heavy atom. The largest absolute Gasteiger partial charge is 0.507 e. The normalized spacial score (nSPS) is 27.9. The van der Waals surface area contributed by atoms with Crippen LogP contribution in [0.1, 0.15) is 114 Å². The number of piperidine rings is 1. The van der Waals surface area contributed by atoms with Crippen LogP contribution < -0.4 is 4.74 Å². The summed E-state index contributed by atoms with van der Waals surface area (Å²) < 4.78 is 11.9. The Morgan fingerprint density at radius 2 is 1.79 bits per heavy atom. The van der Waals surface area contributed by atoms with E-state index in [-0.39, 0.29) is 17.6 Å². The first kappa shape index (κ1) is 31.6. The molecule has 6 atom stereocenters. The Hall–Kier alpha value is -2.83. The zero-order chi connectivity index (χ0) is 30.7. The van der Waals surface area contributed by atoms with Crippen molar-refractivity contribution in [1.29, 1.82) is 0 Å². The van der Waals surface area contributed by atoms with E-state index in [4.69, 9.17) is 9.47 Å². The molecule has 0 aromatic heterocycles. The van der Waals surface area contributed by atoms with Gasteiger partial charge in [0.25, 0.3) is 0 Å². The van der Waals surface area contributed by atoms with Gasteiger partial charge in [-0.15, -0.1) is 0 Å². The summed E-state index contributed by atoms with van der Waals surface area (Å²) in [5, 5.41) is 20.7. The number of unbranched alkanes of at least 4 members (excludes halogenated alkanes) is 2. The summed E-state index contributed by atoms with van der Waals surface area (Å²) in [5.74, 6) is 1.52. The van der Waals surface area contributed by atoms with Gasteiger partial charge in [-0.2, -0.15) is 0 Å². The number of ether oxygens (including phenoxy) is 2. The standard InChI is InChI=1S/C21H30O2.C16H21NO3/c1-5-6-7-8-15-12-18(22)20-16-11-14(2)9-10-17(16)21(3,4)23-19(20)13-15;1-17-12-7-8-13(17)10-14(9-12)20-16(19)15(18)11-5-3-2-4-6-11/h11-13,16-17,22H,5-10H2,1-4H3;2-6,12-15,18H,7-10H2,1H3/t16-,17-;12-,13+,14+,15?/m1./s1. The fraction of sp³-hybridized carbons (Fsp3) is 0.595. The van der Waals surface area contributed by atoms with E-state index in [2.05, 4.69) is 51.8 Å². The lowest BCUT2D eigenvalue weighted by molar-refractivity contribution is -0.162. The second kappa shape index (κ2) is 13.4. The summed E-state index contributed by atoms with van der Waals surface area (Å²) in [5.41, 5.74) is 4.05. The molecule has 2 aromatic carbocycles. The Labute approximate surface area is 258 Å². The smallest absolute Gasteiger partial charge is 0.339 e. The first-order valence-corrected chi connectivity index (χ1v) is 16.4. The van der Waals surface area contributed by atoms with Crippen LogP contribution in [0, 0.1) is 5.92 Å². The minimum Gasteiger partial charge on any atom is -0.507 e. The second-order valence-corrected chi connectivity index (χ2v) is 13.8. The topological polar surface area (TPSA) is 79.2 Å². The molecule has 3 heterocycles.